The second-order valence-electron chi connectivity index (χ2n) is 13.0. The van der Waals surface area contributed by atoms with Crippen LogP contribution in [0.3, 0.4) is 0 Å². The van der Waals surface area contributed by atoms with Crippen LogP contribution < -0.4 is 4.57 Å². The van der Waals surface area contributed by atoms with Crippen molar-refractivity contribution < 1.29 is 4.57 Å². The summed E-state index contributed by atoms with van der Waals surface area (Å²) in [6, 6.07) is 0. The molecule has 1 aromatic heterocycles. The number of hydrogen-bond acceptors (Lipinski definition) is 0. The van der Waals surface area contributed by atoms with E-state index in [9.17, 15) is 0 Å². The highest BCUT2D eigenvalue weighted by molar-refractivity contribution is 4.84. The number of nitrogens with zero attached hydrogens (tertiary/aromatic N) is 2. The Hall–Kier alpha value is -0.790. The van der Waals surface area contributed by atoms with Crippen LogP contribution in [-0.4, -0.2) is 4.57 Å². The first-order valence-electron chi connectivity index (χ1n) is 18.9. The average Bonchev–Trinajstić information content (AvgIpc) is 3.35. The molecule has 0 saturated heterocycles. The highest BCUT2D eigenvalue weighted by atomic mass is 15.1. The van der Waals surface area contributed by atoms with E-state index in [1.165, 1.54) is 206 Å². The van der Waals surface area contributed by atoms with Crippen molar-refractivity contribution in [2.75, 3.05) is 0 Å². The van der Waals surface area contributed by atoms with Crippen LogP contribution in [0.1, 0.15) is 213 Å². The summed E-state index contributed by atoms with van der Waals surface area (Å²) in [4.78, 5) is 0. The zero-order chi connectivity index (χ0) is 28.8. The molecule has 0 atom stereocenters. The van der Waals surface area contributed by atoms with E-state index in [1.54, 1.807) is 5.82 Å². The van der Waals surface area contributed by atoms with E-state index in [-0.39, 0.29) is 0 Å². The van der Waals surface area contributed by atoms with Crippen molar-refractivity contribution in [3.8, 4) is 0 Å². The fraction of sp³-hybridized carbons (Fsp3) is 0.921. The molecule has 0 aliphatic carbocycles. The lowest BCUT2D eigenvalue weighted by atomic mass is 10.1. The van der Waals surface area contributed by atoms with Crippen LogP contribution in [0, 0.1) is 0 Å². The van der Waals surface area contributed by atoms with E-state index < -0.39 is 0 Å². The van der Waals surface area contributed by atoms with Gasteiger partial charge < -0.3 is 0 Å². The number of unbranched alkanes of at least 4 members (excludes halogenated alkanes) is 26. The maximum atomic E-state index is 2.63. The van der Waals surface area contributed by atoms with Gasteiger partial charge in [0.05, 0.1) is 13.1 Å². The molecule has 2 heteroatoms. The fourth-order valence-corrected chi connectivity index (χ4v) is 6.33. The van der Waals surface area contributed by atoms with Crippen molar-refractivity contribution in [1.29, 1.82) is 0 Å². The zero-order valence-corrected chi connectivity index (χ0v) is 28.2. The maximum Gasteiger partial charge on any atom is 0.256 e. The summed E-state index contributed by atoms with van der Waals surface area (Å²) in [5.74, 6) is 1.62. The Morgan fingerprint density at radius 3 is 1.20 bits per heavy atom. The predicted molar refractivity (Wildman–Crippen MR) is 179 cm³/mol. The van der Waals surface area contributed by atoms with E-state index in [1.807, 2.05) is 0 Å². The van der Waals surface area contributed by atoms with Gasteiger partial charge in [-0.15, -0.1) is 0 Å². The molecule has 0 fully saturated rings. The molecule has 0 bridgehead atoms. The Balaban J connectivity index is 2.33. The monoisotopic (exact) mass is 560 g/mol. The van der Waals surface area contributed by atoms with Crippen LogP contribution in [0.2, 0.25) is 0 Å². The predicted octanol–water partition coefficient (Wildman–Crippen LogP) is 12.7. The average molecular weight is 560 g/mol. The maximum absolute atomic E-state index is 2.63. The third-order valence-corrected chi connectivity index (χ3v) is 9.10. The van der Waals surface area contributed by atoms with Crippen molar-refractivity contribution in [2.24, 2.45) is 0 Å². The molecule has 0 spiro atoms. The first-order valence-corrected chi connectivity index (χ1v) is 18.9. The second kappa shape index (κ2) is 29.7. The van der Waals surface area contributed by atoms with Gasteiger partial charge in [-0.2, -0.15) is 0 Å². The molecule has 2 nitrogen and oxygen atoms in total. The van der Waals surface area contributed by atoms with E-state index >= 15 is 0 Å². The summed E-state index contributed by atoms with van der Waals surface area (Å²) in [7, 11) is 0. The summed E-state index contributed by atoms with van der Waals surface area (Å²) in [5, 5.41) is 0. The number of aryl methyl sites for hydroxylation is 2. The number of rotatable bonds is 32. The molecule has 236 valence electrons. The van der Waals surface area contributed by atoms with Crippen molar-refractivity contribution in [3.63, 3.8) is 0 Å². The van der Waals surface area contributed by atoms with E-state index in [2.05, 4.69) is 42.3 Å². The topological polar surface area (TPSA) is 8.81 Å². The van der Waals surface area contributed by atoms with Gasteiger partial charge in [-0.25, -0.2) is 9.13 Å². The van der Waals surface area contributed by atoms with Gasteiger partial charge in [0.25, 0.3) is 5.82 Å². The fourth-order valence-electron chi connectivity index (χ4n) is 6.33. The summed E-state index contributed by atoms with van der Waals surface area (Å²) in [6.45, 7) is 9.40. The standard InChI is InChI=1S/C38H75N2/c1-4-7-10-13-16-19-20-21-24-27-30-33-38-39(34-31-28-25-22-17-14-11-8-5-2)36-37-40(38)35-32-29-26-23-18-15-12-9-6-3/h36-37H,4-35H2,1-3H3/q+1. The van der Waals surface area contributed by atoms with Gasteiger partial charge in [0.1, 0.15) is 12.4 Å². The molecule has 0 aromatic carbocycles. The summed E-state index contributed by atoms with van der Waals surface area (Å²) >= 11 is 0. The molecule has 0 aliphatic heterocycles. The lowest BCUT2D eigenvalue weighted by Crippen LogP contribution is -2.37. The highest BCUT2D eigenvalue weighted by Crippen LogP contribution is 2.15. The minimum absolute atomic E-state index is 1.23. The number of aromatic nitrogens is 2. The molecule has 0 aliphatic rings. The Kier molecular flexibility index (Phi) is 27.6. The third kappa shape index (κ3) is 21.9. The summed E-state index contributed by atoms with van der Waals surface area (Å²) in [6.07, 6.45) is 47.4. The van der Waals surface area contributed by atoms with Gasteiger partial charge in [0.2, 0.25) is 0 Å². The largest absolute Gasteiger partial charge is 0.256 e. The van der Waals surface area contributed by atoms with Crippen molar-refractivity contribution in [1.82, 2.24) is 4.57 Å². The molecule has 0 unspecified atom stereocenters. The van der Waals surface area contributed by atoms with Gasteiger partial charge in [0, 0.05) is 6.42 Å². The molecule has 0 amide bonds. The highest BCUT2D eigenvalue weighted by Gasteiger charge is 2.16. The molecule has 0 N–H and O–H groups in total. The van der Waals surface area contributed by atoms with Crippen LogP contribution >= 0.6 is 0 Å². The van der Waals surface area contributed by atoms with Crippen LogP contribution in [-0.2, 0) is 19.5 Å². The van der Waals surface area contributed by atoms with E-state index in [0.717, 1.165) is 0 Å². The van der Waals surface area contributed by atoms with Gasteiger partial charge in [-0.1, -0.05) is 175 Å². The molecule has 1 heterocycles. The van der Waals surface area contributed by atoms with Gasteiger partial charge in [0.15, 0.2) is 0 Å². The molecule has 0 radical (unpaired) electrons. The Morgan fingerprint density at radius 2 is 0.775 bits per heavy atom. The Morgan fingerprint density at radius 1 is 0.425 bits per heavy atom. The number of imidazole rings is 1. The lowest BCUT2D eigenvalue weighted by molar-refractivity contribution is -0.704. The van der Waals surface area contributed by atoms with Crippen LogP contribution in [0.15, 0.2) is 12.4 Å². The van der Waals surface area contributed by atoms with Crippen LogP contribution in [0.5, 0.6) is 0 Å². The third-order valence-electron chi connectivity index (χ3n) is 9.10. The molecular formula is C38H75N2+. The minimum atomic E-state index is 1.23. The van der Waals surface area contributed by atoms with Crippen LogP contribution in [0.25, 0.3) is 0 Å². The number of hydrogen-bond donors (Lipinski definition) is 0. The second-order valence-corrected chi connectivity index (χ2v) is 13.0. The minimum Gasteiger partial charge on any atom is -0.234 e. The molecule has 0 saturated carbocycles. The molecule has 40 heavy (non-hydrogen) atoms. The smallest absolute Gasteiger partial charge is 0.234 e. The first kappa shape index (κ1) is 37.2. The quantitative estimate of drug-likeness (QED) is 0.0613. The molecule has 1 aromatic rings. The summed E-state index contributed by atoms with van der Waals surface area (Å²) in [5.41, 5.74) is 0. The molecule has 1 rings (SSSR count). The normalized spacial score (nSPS) is 11.6. The van der Waals surface area contributed by atoms with Gasteiger partial charge in [-0.3, -0.25) is 0 Å². The van der Waals surface area contributed by atoms with Crippen molar-refractivity contribution in [3.05, 3.63) is 18.2 Å². The summed E-state index contributed by atoms with van der Waals surface area (Å²) < 4.78 is 5.26. The zero-order valence-electron chi connectivity index (χ0n) is 28.2. The first-order chi connectivity index (χ1) is 19.8. The van der Waals surface area contributed by atoms with Crippen molar-refractivity contribution in [2.45, 2.75) is 226 Å². The van der Waals surface area contributed by atoms with Crippen LogP contribution in [0.4, 0.5) is 0 Å². The van der Waals surface area contributed by atoms with Gasteiger partial charge >= 0.3 is 0 Å². The Bertz CT molecular complexity index is 580. The van der Waals surface area contributed by atoms with E-state index in [4.69, 9.17) is 0 Å². The van der Waals surface area contributed by atoms with Crippen molar-refractivity contribution >= 4 is 0 Å². The SMILES string of the molecule is CCCCCCCCCCCCCc1n(CCCCCCCCCCC)cc[n+]1CCCCCCCCCCC. The lowest BCUT2D eigenvalue weighted by Gasteiger charge is -2.07. The molecular weight excluding hydrogens is 484 g/mol. The van der Waals surface area contributed by atoms with E-state index in [0.29, 0.717) is 0 Å². The Labute approximate surface area is 253 Å². The van der Waals surface area contributed by atoms with Gasteiger partial charge in [-0.05, 0) is 32.1 Å².